The summed E-state index contributed by atoms with van der Waals surface area (Å²) >= 11 is 6.89. The summed E-state index contributed by atoms with van der Waals surface area (Å²) in [6.07, 6.45) is 0. The predicted octanol–water partition coefficient (Wildman–Crippen LogP) is 5.32. The largest absolute Gasteiger partial charge is 0.457 e. The summed E-state index contributed by atoms with van der Waals surface area (Å²) in [5, 5.41) is 9.64. The van der Waals surface area contributed by atoms with Gasteiger partial charge in [-0.15, -0.1) is 0 Å². The molecule has 0 N–H and O–H groups in total. The lowest BCUT2D eigenvalue weighted by atomic mass is 10.1. The smallest absolute Gasteiger partial charge is 0.131 e. The highest BCUT2D eigenvalue weighted by atomic mass is 79.9. The predicted molar refractivity (Wildman–Crippen MR) is 82.7 cm³/mol. The van der Waals surface area contributed by atoms with Crippen LogP contribution in [-0.4, -0.2) is 0 Å². The summed E-state index contributed by atoms with van der Waals surface area (Å²) in [4.78, 5) is 0. The molecule has 0 aliphatic heterocycles. The maximum absolute atomic E-state index is 8.94. The first-order valence-corrected chi connectivity index (χ1v) is 7.58. The average Bonchev–Trinajstić information content (AvgIpc) is 2.43. The fourth-order valence-electron chi connectivity index (χ4n) is 1.65. The second-order valence-corrected chi connectivity index (χ2v) is 5.56. The number of aryl methyl sites for hydroxylation is 1. The van der Waals surface area contributed by atoms with E-state index in [1.165, 1.54) is 0 Å². The number of halogens is 2. The van der Waals surface area contributed by atoms with Crippen LogP contribution in [0.25, 0.3) is 0 Å². The molecule has 0 aromatic heterocycles. The van der Waals surface area contributed by atoms with Crippen LogP contribution in [0.4, 0.5) is 0 Å². The SMILES string of the molecule is Cc1ccc(C#N)cc1Oc1ccc(Br)cc1CBr. The Kier molecular flexibility index (Phi) is 4.62. The van der Waals surface area contributed by atoms with Gasteiger partial charge in [0.15, 0.2) is 0 Å². The van der Waals surface area contributed by atoms with Crippen molar-refractivity contribution in [1.29, 1.82) is 5.26 Å². The highest BCUT2D eigenvalue weighted by Gasteiger charge is 2.07. The Morgan fingerprint density at radius 2 is 1.95 bits per heavy atom. The standard InChI is InChI=1S/C15H11Br2NO/c1-10-2-3-11(9-18)6-15(10)19-14-5-4-13(17)7-12(14)8-16/h2-7H,8H2,1H3. The maximum Gasteiger partial charge on any atom is 0.131 e. The van der Waals surface area contributed by atoms with E-state index in [2.05, 4.69) is 37.9 Å². The van der Waals surface area contributed by atoms with Gasteiger partial charge in [0, 0.05) is 15.4 Å². The Morgan fingerprint density at radius 3 is 2.63 bits per heavy atom. The molecular formula is C15H11Br2NO. The summed E-state index contributed by atoms with van der Waals surface area (Å²) in [6.45, 7) is 1.96. The molecule has 0 saturated carbocycles. The normalized spacial score (nSPS) is 10.0. The van der Waals surface area contributed by atoms with Crippen LogP contribution in [0.15, 0.2) is 40.9 Å². The summed E-state index contributed by atoms with van der Waals surface area (Å²) in [6, 6.07) is 13.4. The van der Waals surface area contributed by atoms with Crippen LogP contribution in [0, 0.1) is 18.3 Å². The molecule has 2 nitrogen and oxygen atoms in total. The monoisotopic (exact) mass is 379 g/mol. The lowest BCUT2D eigenvalue weighted by Crippen LogP contribution is -1.92. The number of nitrogens with zero attached hydrogens (tertiary/aromatic N) is 1. The lowest BCUT2D eigenvalue weighted by Gasteiger charge is -2.12. The van der Waals surface area contributed by atoms with Crippen molar-refractivity contribution < 1.29 is 4.74 Å². The molecule has 0 atom stereocenters. The molecule has 0 heterocycles. The van der Waals surface area contributed by atoms with Crippen molar-refractivity contribution in [3.63, 3.8) is 0 Å². The summed E-state index contributed by atoms with van der Waals surface area (Å²) in [7, 11) is 0. The van der Waals surface area contributed by atoms with Crippen LogP contribution >= 0.6 is 31.9 Å². The van der Waals surface area contributed by atoms with Crippen molar-refractivity contribution in [2.45, 2.75) is 12.3 Å². The first-order valence-electron chi connectivity index (χ1n) is 5.67. The van der Waals surface area contributed by atoms with Gasteiger partial charge in [-0.1, -0.05) is 37.9 Å². The Balaban J connectivity index is 2.39. The minimum absolute atomic E-state index is 0.595. The number of hydrogen-bond acceptors (Lipinski definition) is 2. The third-order valence-corrected chi connectivity index (χ3v) is 3.80. The van der Waals surface area contributed by atoms with Gasteiger partial charge in [0.1, 0.15) is 11.5 Å². The molecule has 0 unspecified atom stereocenters. The van der Waals surface area contributed by atoms with E-state index in [9.17, 15) is 0 Å². The Hall–Kier alpha value is -1.31. The minimum Gasteiger partial charge on any atom is -0.457 e. The number of rotatable bonds is 3. The highest BCUT2D eigenvalue weighted by molar-refractivity contribution is 9.10. The van der Waals surface area contributed by atoms with Gasteiger partial charge >= 0.3 is 0 Å². The Bertz CT molecular complexity index is 647. The van der Waals surface area contributed by atoms with Crippen molar-refractivity contribution in [2.75, 3.05) is 0 Å². The van der Waals surface area contributed by atoms with E-state index in [-0.39, 0.29) is 0 Å². The van der Waals surface area contributed by atoms with E-state index in [0.717, 1.165) is 21.3 Å². The average molecular weight is 381 g/mol. The summed E-state index contributed by atoms with van der Waals surface area (Å²) < 4.78 is 6.94. The van der Waals surface area contributed by atoms with Crippen LogP contribution < -0.4 is 4.74 Å². The van der Waals surface area contributed by atoms with Gasteiger partial charge in [0.2, 0.25) is 0 Å². The molecule has 0 aliphatic carbocycles. The summed E-state index contributed by atoms with van der Waals surface area (Å²) in [5.74, 6) is 1.50. The fraction of sp³-hybridized carbons (Fsp3) is 0.133. The molecule has 0 fully saturated rings. The number of benzene rings is 2. The molecule has 0 bridgehead atoms. The Morgan fingerprint density at radius 1 is 1.16 bits per heavy atom. The molecule has 0 radical (unpaired) electrons. The number of ether oxygens (including phenoxy) is 1. The Labute approximate surface area is 129 Å². The first kappa shape index (κ1) is 14.1. The van der Waals surface area contributed by atoms with Gasteiger partial charge in [-0.3, -0.25) is 0 Å². The van der Waals surface area contributed by atoms with Crippen molar-refractivity contribution in [3.05, 3.63) is 57.6 Å². The van der Waals surface area contributed by atoms with E-state index in [1.54, 1.807) is 12.1 Å². The zero-order valence-electron chi connectivity index (χ0n) is 10.3. The van der Waals surface area contributed by atoms with Gasteiger partial charge in [0.25, 0.3) is 0 Å². The van der Waals surface area contributed by atoms with Crippen molar-refractivity contribution in [1.82, 2.24) is 0 Å². The maximum atomic E-state index is 8.94. The second kappa shape index (κ2) is 6.23. The van der Waals surface area contributed by atoms with Crippen LogP contribution in [0.3, 0.4) is 0 Å². The van der Waals surface area contributed by atoms with E-state index in [4.69, 9.17) is 10.00 Å². The second-order valence-electron chi connectivity index (χ2n) is 4.08. The topological polar surface area (TPSA) is 33.0 Å². The molecule has 0 saturated heterocycles. The van der Waals surface area contributed by atoms with Crippen LogP contribution in [0.1, 0.15) is 16.7 Å². The molecule has 2 aromatic carbocycles. The van der Waals surface area contributed by atoms with E-state index < -0.39 is 0 Å². The molecule has 19 heavy (non-hydrogen) atoms. The van der Waals surface area contributed by atoms with Gasteiger partial charge < -0.3 is 4.74 Å². The zero-order chi connectivity index (χ0) is 13.8. The van der Waals surface area contributed by atoms with Crippen molar-refractivity contribution in [2.24, 2.45) is 0 Å². The molecule has 2 rings (SSSR count). The number of nitriles is 1. The minimum atomic E-state index is 0.595. The third-order valence-electron chi connectivity index (χ3n) is 2.70. The third kappa shape index (κ3) is 3.37. The molecular weight excluding hydrogens is 370 g/mol. The van der Waals surface area contributed by atoms with Gasteiger partial charge in [-0.25, -0.2) is 0 Å². The van der Waals surface area contributed by atoms with Gasteiger partial charge in [-0.2, -0.15) is 5.26 Å². The number of hydrogen-bond donors (Lipinski definition) is 0. The lowest BCUT2D eigenvalue weighted by molar-refractivity contribution is 0.474. The molecule has 0 spiro atoms. The van der Waals surface area contributed by atoms with Gasteiger partial charge in [0.05, 0.1) is 11.6 Å². The number of alkyl halides is 1. The highest BCUT2D eigenvalue weighted by Crippen LogP contribution is 2.31. The van der Waals surface area contributed by atoms with Crippen LogP contribution in [0.2, 0.25) is 0 Å². The van der Waals surface area contributed by atoms with Gasteiger partial charge in [-0.05, 0) is 42.8 Å². The zero-order valence-corrected chi connectivity index (χ0v) is 13.5. The van der Waals surface area contributed by atoms with Crippen LogP contribution in [0.5, 0.6) is 11.5 Å². The van der Waals surface area contributed by atoms with E-state index in [0.29, 0.717) is 16.6 Å². The summed E-state index contributed by atoms with van der Waals surface area (Å²) in [5.41, 5.74) is 2.65. The molecule has 96 valence electrons. The molecule has 0 amide bonds. The van der Waals surface area contributed by atoms with E-state index in [1.807, 2.05) is 31.2 Å². The van der Waals surface area contributed by atoms with E-state index >= 15 is 0 Å². The molecule has 2 aromatic rings. The van der Waals surface area contributed by atoms with Crippen molar-refractivity contribution >= 4 is 31.9 Å². The molecule has 0 aliphatic rings. The fourth-order valence-corrected chi connectivity index (χ4v) is 2.50. The first-order chi connectivity index (χ1) is 9.13. The molecule has 4 heteroatoms. The quantitative estimate of drug-likeness (QED) is 0.675. The van der Waals surface area contributed by atoms with Crippen molar-refractivity contribution in [3.8, 4) is 17.6 Å². The van der Waals surface area contributed by atoms with Crippen LogP contribution in [-0.2, 0) is 5.33 Å².